The van der Waals surface area contributed by atoms with Crippen molar-refractivity contribution in [3.63, 3.8) is 0 Å². The van der Waals surface area contributed by atoms with Gasteiger partial charge in [0.05, 0.1) is 0 Å². The molecule has 4 nitrogen and oxygen atoms in total. The largest absolute Gasteiger partial charge is 0.299 e. The Bertz CT molecular complexity index is 562. The maximum atomic E-state index is 11.9. The van der Waals surface area contributed by atoms with E-state index in [2.05, 4.69) is 10.5 Å². The van der Waals surface area contributed by atoms with Gasteiger partial charge in [0.2, 0.25) is 0 Å². The van der Waals surface area contributed by atoms with E-state index < -0.39 is 0 Å². The Balaban J connectivity index is 2.03. The van der Waals surface area contributed by atoms with E-state index in [9.17, 15) is 9.59 Å². The third-order valence-corrected chi connectivity index (χ3v) is 3.43. The van der Waals surface area contributed by atoms with E-state index >= 15 is 0 Å². The fourth-order valence-corrected chi connectivity index (χ4v) is 2.50. The van der Waals surface area contributed by atoms with Crippen molar-refractivity contribution in [2.75, 3.05) is 0 Å². The number of amides is 1. The van der Waals surface area contributed by atoms with Crippen LogP contribution in [0.25, 0.3) is 0 Å². The standard InChI is InChI=1S/C15H17ClN2O2/c1-15(2)8-12(7-13(19)9-15)17-18-14(20)10-3-5-11(16)6-4-10/h3-6H,7-9H2,1-2H3,(H,18,20)/b17-12-. The summed E-state index contributed by atoms with van der Waals surface area (Å²) in [5, 5.41) is 4.67. The van der Waals surface area contributed by atoms with Crippen molar-refractivity contribution >= 4 is 29.0 Å². The van der Waals surface area contributed by atoms with Crippen molar-refractivity contribution in [2.24, 2.45) is 10.5 Å². The smallest absolute Gasteiger partial charge is 0.271 e. The number of rotatable bonds is 2. The molecule has 0 saturated heterocycles. The summed E-state index contributed by atoms with van der Waals surface area (Å²) in [5.41, 5.74) is 3.63. The molecule has 0 spiro atoms. The number of carbonyl (C=O) groups excluding carboxylic acids is 2. The molecule has 2 rings (SSSR count). The highest BCUT2D eigenvalue weighted by atomic mass is 35.5. The molecule has 0 unspecified atom stereocenters. The Morgan fingerprint density at radius 2 is 1.90 bits per heavy atom. The lowest BCUT2D eigenvalue weighted by Crippen LogP contribution is -2.31. The molecule has 0 bridgehead atoms. The van der Waals surface area contributed by atoms with Crippen LogP contribution in [0.3, 0.4) is 0 Å². The Kier molecular flexibility index (Phi) is 4.23. The number of hydrogen-bond acceptors (Lipinski definition) is 3. The quantitative estimate of drug-likeness (QED) is 0.851. The zero-order valence-corrected chi connectivity index (χ0v) is 12.3. The first-order valence-corrected chi connectivity index (χ1v) is 6.87. The number of Topliss-reactive ketones (excluding diaryl/α,β-unsaturated/α-hetero) is 1. The van der Waals surface area contributed by atoms with E-state index in [1.807, 2.05) is 13.8 Å². The van der Waals surface area contributed by atoms with Crippen molar-refractivity contribution < 1.29 is 9.59 Å². The fourth-order valence-electron chi connectivity index (χ4n) is 2.38. The summed E-state index contributed by atoms with van der Waals surface area (Å²) in [5.74, 6) is -0.134. The highest BCUT2D eigenvalue weighted by Crippen LogP contribution is 2.31. The molecular weight excluding hydrogens is 276 g/mol. The fraction of sp³-hybridized carbons (Fsp3) is 0.400. The zero-order chi connectivity index (χ0) is 14.8. The third-order valence-electron chi connectivity index (χ3n) is 3.18. The van der Waals surface area contributed by atoms with Gasteiger partial charge in [0, 0.05) is 29.1 Å². The van der Waals surface area contributed by atoms with E-state index in [0.29, 0.717) is 23.4 Å². The lowest BCUT2D eigenvalue weighted by molar-refractivity contribution is -0.120. The van der Waals surface area contributed by atoms with Gasteiger partial charge >= 0.3 is 0 Å². The minimum atomic E-state index is -0.301. The third kappa shape index (κ3) is 3.90. The second-order valence-corrected chi connectivity index (χ2v) is 6.30. The molecule has 1 N–H and O–H groups in total. The minimum absolute atomic E-state index is 0.0842. The molecule has 1 aromatic carbocycles. The molecule has 0 aromatic heterocycles. The topological polar surface area (TPSA) is 58.5 Å². The molecule has 0 heterocycles. The van der Waals surface area contributed by atoms with Crippen LogP contribution in [0.5, 0.6) is 0 Å². The highest BCUT2D eigenvalue weighted by Gasteiger charge is 2.30. The van der Waals surface area contributed by atoms with Gasteiger partial charge in [-0.1, -0.05) is 25.4 Å². The number of benzene rings is 1. The number of nitrogens with one attached hydrogen (secondary N) is 1. The van der Waals surface area contributed by atoms with Gasteiger partial charge in [-0.15, -0.1) is 0 Å². The van der Waals surface area contributed by atoms with Crippen LogP contribution in [-0.4, -0.2) is 17.4 Å². The van der Waals surface area contributed by atoms with Gasteiger partial charge in [-0.3, -0.25) is 9.59 Å². The van der Waals surface area contributed by atoms with Crippen molar-refractivity contribution in [3.05, 3.63) is 34.9 Å². The lowest BCUT2D eigenvalue weighted by Gasteiger charge is -2.28. The number of hydrogen-bond donors (Lipinski definition) is 1. The molecule has 1 amide bonds. The summed E-state index contributed by atoms with van der Waals surface area (Å²) in [6, 6.07) is 6.56. The second kappa shape index (κ2) is 5.75. The molecule has 20 heavy (non-hydrogen) atoms. The van der Waals surface area contributed by atoms with E-state index in [0.717, 1.165) is 12.1 Å². The Morgan fingerprint density at radius 1 is 1.25 bits per heavy atom. The van der Waals surface area contributed by atoms with Crippen molar-refractivity contribution in [1.82, 2.24) is 5.43 Å². The summed E-state index contributed by atoms with van der Waals surface area (Å²) in [6.45, 7) is 4.06. The average molecular weight is 293 g/mol. The average Bonchev–Trinajstić information content (AvgIpc) is 2.34. The summed E-state index contributed by atoms with van der Waals surface area (Å²) in [7, 11) is 0. The minimum Gasteiger partial charge on any atom is -0.299 e. The van der Waals surface area contributed by atoms with Crippen molar-refractivity contribution in [3.8, 4) is 0 Å². The number of nitrogens with zero attached hydrogens (tertiary/aromatic N) is 1. The van der Waals surface area contributed by atoms with Crippen LogP contribution in [0.15, 0.2) is 29.4 Å². The SMILES string of the molecule is CC1(C)CC(=O)C/C(=N/NC(=O)c2ccc(Cl)cc2)C1. The van der Waals surface area contributed by atoms with E-state index in [1.165, 1.54) is 0 Å². The first-order chi connectivity index (χ1) is 9.35. The molecule has 106 valence electrons. The molecule has 1 aliphatic carbocycles. The number of ketones is 1. The molecule has 0 aliphatic heterocycles. The molecule has 1 aromatic rings. The molecule has 1 fully saturated rings. The van der Waals surface area contributed by atoms with Gasteiger partial charge in [0.1, 0.15) is 5.78 Å². The first-order valence-electron chi connectivity index (χ1n) is 6.49. The van der Waals surface area contributed by atoms with Crippen molar-refractivity contribution in [1.29, 1.82) is 0 Å². The maximum absolute atomic E-state index is 11.9. The summed E-state index contributed by atoms with van der Waals surface area (Å²) >= 11 is 5.77. The van der Waals surface area contributed by atoms with Gasteiger partial charge in [0.15, 0.2) is 0 Å². The zero-order valence-electron chi connectivity index (χ0n) is 11.6. The maximum Gasteiger partial charge on any atom is 0.271 e. The molecule has 0 radical (unpaired) electrons. The number of carbonyl (C=O) groups is 2. The highest BCUT2D eigenvalue weighted by molar-refractivity contribution is 6.30. The van der Waals surface area contributed by atoms with Gasteiger partial charge in [-0.05, 0) is 36.1 Å². The monoisotopic (exact) mass is 292 g/mol. The van der Waals surface area contributed by atoms with E-state index in [-0.39, 0.29) is 17.1 Å². The van der Waals surface area contributed by atoms with Gasteiger partial charge in [-0.2, -0.15) is 5.10 Å². The molecule has 1 aliphatic rings. The van der Waals surface area contributed by atoms with Crippen LogP contribution in [-0.2, 0) is 4.79 Å². The van der Waals surface area contributed by atoms with E-state index in [4.69, 9.17) is 11.6 Å². The summed E-state index contributed by atoms with van der Waals surface area (Å²) < 4.78 is 0. The van der Waals surface area contributed by atoms with Gasteiger partial charge < -0.3 is 0 Å². The van der Waals surface area contributed by atoms with Crippen molar-refractivity contribution in [2.45, 2.75) is 33.1 Å². The predicted octanol–water partition coefficient (Wildman–Crippen LogP) is 3.21. The van der Waals surface area contributed by atoms with E-state index in [1.54, 1.807) is 24.3 Å². The normalized spacial score (nSPS) is 19.9. The van der Waals surface area contributed by atoms with Crippen LogP contribution in [0.1, 0.15) is 43.5 Å². The first kappa shape index (κ1) is 14.7. The molecular formula is C15H17ClN2O2. The number of halogens is 1. The van der Waals surface area contributed by atoms with Crippen LogP contribution in [0.4, 0.5) is 0 Å². The van der Waals surface area contributed by atoms with Crippen LogP contribution in [0.2, 0.25) is 5.02 Å². The molecule has 5 heteroatoms. The molecule has 0 atom stereocenters. The Morgan fingerprint density at radius 3 is 2.50 bits per heavy atom. The summed E-state index contributed by atoms with van der Waals surface area (Å²) in [6.07, 6.45) is 1.61. The van der Waals surface area contributed by atoms with Crippen LogP contribution < -0.4 is 5.43 Å². The molecule has 1 saturated carbocycles. The second-order valence-electron chi connectivity index (χ2n) is 5.86. The van der Waals surface area contributed by atoms with Crippen LogP contribution >= 0.6 is 11.6 Å². The summed E-state index contributed by atoms with van der Waals surface area (Å²) in [4.78, 5) is 23.5. The van der Waals surface area contributed by atoms with Gasteiger partial charge in [-0.25, -0.2) is 5.43 Å². The predicted molar refractivity (Wildman–Crippen MR) is 79.0 cm³/mol. The number of hydrazone groups is 1. The van der Waals surface area contributed by atoms with Crippen LogP contribution in [0, 0.1) is 5.41 Å². The van der Waals surface area contributed by atoms with Gasteiger partial charge in [0.25, 0.3) is 5.91 Å². The Labute approximate surface area is 123 Å². The Hall–Kier alpha value is -1.68. The lowest BCUT2D eigenvalue weighted by atomic mass is 9.76.